The lowest BCUT2D eigenvalue weighted by Gasteiger charge is -2.58. The van der Waals surface area contributed by atoms with Gasteiger partial charge in [0.25, 0.3) is 0 Å². The van der Waals surface area contributed by atoms with Crippen LogP contribution in [0.3, 0.4) is 0 Å². The maximum atomic E-state index is 13.6. The molecule has 156 valence electrons. The number of rotatable bonds is 8. The zero-order valence-corrected chi connectivity index (χ0v) is 17.9. The van der Waals surface area contributed by atoms with Gasteiger partial charge in [-0.15, -0.1) is 0 Å². The van der Waals surface area contributed by atoms with Gasteiger partial charge in [0.05, 0.1) is 12.2 Å². The standard InChI is InChI=1S/C23H36N2O3/c1-5-27-20-15-23(24,22(20,3)4)21(26)25(16-19-7-6-14-28-19)13-12-18-10-8-17(2)9-11-18/h8-11,19-20H,5-7,12-16,24H2,1-4H3. The SMILES string of the molecule is CCOC1CC(N)(C(=O)N(CCc2ccc(C)cc2)CC2CCCO2)C1(C)C. The summed E-state index contributed by atoms with van der Waals surface area (Å²) in [5.74, 6) is 0.0380. The highest BCUT2D eigenvalue weighted by Gasteiger charge is 2.63. The van der Waals surface area contributed by atoms with Crippen LogP contribution in [-0.4, -0.2) is 54.9 Å². The summed E-state index contributed by atoms with van der Waals surface area (Å²) in [5, 5.41) is 0. The molecule has 0 spiro atoms. The molecule has 1 aliphatic heterocycles. The molecule has 3 atom stereocenters. The minimum atomic E-state index is -0.876. The number of carbonyl (C=O) groups is 1. The molecular formula is C23H36N2O3. The van der Waals surface area contributed by atoms with Crippen LogP contribution in [0, 0.1) is 12.3 Å². The third-order valence-electron chi connectivity index (χ3n) is 6.74. The van der Waals surface area contributed by atoms with Gasteiger partial charge < -0.3 is 20.1 Å². The van der Waals surface area contributed by atoms with Crippen molar-refractivity contribution in [2.75, 3.05) is 26.3 Å². The molecule has 28 heavy (non-hydrogen) atoms. The maximum Gasteiger partial charge on any atom is 0.243 e. The van der Waals surface area contributed by atoms with Crippen LogP contribution in [0.15, 0.2) is 24.3 Å². The first-order chi connectivity index (χ1) is 13.3. The van der Waals surface area contributed by atoms with Crippen LogP contribution in [0.2, 0.25) is 0 Å². The number of ether oxygens (including phenoxy) is 2. The van der Waals surface area contributed by atoms with Gasteiger partial charge in [0, 0.05) is 38.1 Å². The van der Waals surface area contributed by atoms with Gasteiger partial charge in [-0.2, -0.15) is 0 Å². The van der Waals surface area contributed by atoms with Gasteiger partial charge in [-0.3, -0.25) is 4.79 Å². The quantitative estimate of drug-likeness (QED) is 0.743. The average molecular weight is 389 g/mol. The van der Waals surface area contributed by atoms with E-state index in [9.17, 15) is 4.79 Å². The van der Waals surface area contributed by atoms with Crippen molar-refractivity contribution >= 4 is 5.91 Å². The summed E-state index contributed by atoms with van der Waals surface area (Å²) in [6, 6.07) is 8.52. The van der Waals surface area contributed by atoms with Crippen LogP contribution >= 0.6 is 0 Å². The summed E-state index contributed by atoms with van der Waals surface area (Å²) in [6.45, 7) is 10.9. The molecule has 1 aromatic carbocycles. The molecule has 1 amide bonds. The lowest BCUT2D eigenvalue weighted by Crippen LogP contribution is -2.76. The molecule has 2 N–H and O–H groups in total. The van der Waals surface area contributed by atoms with Crippen LogP contribution in [0.5, 0.6) is 0 Å². The van der Waals surface area contributed by atoms with E-state index < -0.39 is 5.54 Å². The fraction of sp³-hybridized carbons (Fsp3) is 0.696. The number of nitrogens with two attached hydrogens (primary N) is 1. The third-order valence-corrected chi connectivity index (χ3v) is 6.74. The van der Waals surface area contributed by atoms with Crippen LogP contribution < -0.4 is 5.73 Å². The summed E-state index contributed by atoms with van der Waals surface area (Å²) >= 11 is 0. The van der Waals surface area contributed by atoms with Crippen molar-refractivity contribution in [1.29, 1.82) is 0 Å². The number of aryl methyl sites for hydroxylation is 1. The Morgan fingerprint density at radius 2 is 2.04 bits per heavy atom. The largest absolute Gasteiger partial charge is 0.378 e. The van der Waals surface area contributed by atoms with E-state index in [2.05, 4.69) is 45.0 Å². The van der Waals surface area contributed by atoms with Crippen molar-refractivity contribution in [1.82, 2.24) is 4.90 Å². The normalized spacial score (nSPS) is 28.8. The minimum absolute atomic E-state index is 0.0353. The van der Waals surface area contributed by atoms with Crippen LogP contribution in [0.1, 0.15) is 51.2 Å². The Hall–Kier alpha value is -1.43. The van der Waals surface area contributed by atoms with E-state index in [-0.39, 0.29) is 23.5 Å². The molecule has 1 saturated carbocycles. The Labute approximate surface area is 169 Å². The van der Waals surface area contributed by atoms with Crippen molar-refractivity contribution in [2.24, 2.45) is 11.1 Å². The van der Waals surface area contributed by atoms with Gasteiger partial charge in [-0.1, -0.05) is 43.7 Å². The Morgan fingerprint density at radius 3 is 2.61 bits per heavy atom. The van der Waals surface area contributed by atoms with Crippen LogP contribution in [-0.2, 0) is 20.7 Å². The predicted molar refractivity (Wildman–Crippen MR) is 111 cm³/mol. The van der Waals surface area contributed by atoms with Crippen LogP contribution in [0.4, 0.5) is 0 Å². The number of amides is 1. The second kappa shape index (κ2) is 8.52. The molecule has 0 radical (unpaired) electrons. The Bertz CT molecular complexity index is 667. The van der Waals surface area contributed by atoms with E-state index >= 15 is 0 Å². The molecule has 2 fully saturated rings. The Balaban J connectivity index is 1.72. The lowest BCUT2D eigenvalue weighted by atomic mass is 9.54. The molecule has 5 heteroatoms. The first kappa shape index (κ1) is 21.3. The van der Waals surface area contributed by atoms with Crippen LogP contribution in [0.25, 0.3) is 0 Å². The molecular weight excluding hydrogens is 352 g/mol. The first-order valence-electron chi connectivity index (χ1n) is 10.6. The number of benzene rings is 1. The van der Waals surface area contributed by atoms with Gasteiger partial charge in [0.2, 0.25) is 5.91 Å². The van der Waals surface area contributed by atoms with Crippen molar-refractivity contribution in [3.63, 3.8) is 0 Å². The number of carbonyl (C=O) groups excluding carboxylic acids is 1. The Kier molecular flexibility index (Phi) is 6.47. The van der Waals surface area contributed by atoms with Crippen molar-refractivity contribution in [3.8, 4) is 0 Å². The second-order valence-electron chi connectivity index (χ2n) is 8.96. The molecule has 5 nitrogen and oxygen atoms in total. The number of nitrogens with zero attached hydrogens (tertiary/aromatic N) is 1. The Morgan fingerprint density at radius 1 is 1.32 bits per heavy atom. The topological polar surface area (TPSA) is 64.8 Å². The summed E-state index contributed by atoms with van der Waals surface area (Å²) in [6.07, 6.45) is 3.64. The van der Waals surface area contributed by atoms with E-state index in [0.717, 1.165) is 25.9 Å². The van der Waals surface area contributed by atoms with Crippen molar-refractivity contribution in [3.05, 3.63) is 35.4 Å². The van der Waals surface area contributed by atoms with Crippen molar-refractivity contribution < 1.29 is 14.3 Å². The molecule has 0 bridgehead atoms. The van der Waals surface area contributed by atoms with E-state index in [1.54, 1.807) is 0 Å². The molecule has 2 aliphatic rings. The lowest BCUT2D eigenvalue weighted by molar-refractivity contribution is -0.180. The fourth-order valence-electron chi connectivity index (χ4n) is 4.41. The van der Waals surface area contributed by atoms with E-state index in [4.69, 9.17) is 15.2 Å². The van der Waals surface area contributed by atoms with Crippen molar-refractivity contribution in [2.45, 2.75) is 71.1 Å². The molecule has 0 aromatic heterocycles. The summed E-state index contributed by atoms with van der Waals surface area (Å²) in [7, 11) is 0. The number of hydrogen-bond donors (Lipinski definition) is 1. The molecule has 1 aliphatic carbocycles. The van der Waals surface area contributed by atoms with E-state index in [1.807, 2.05) is 11.8 Å². The highest BCUT2D eigenvalue weighted by atomic mass is 16.5. The van der Waals surface area contributed by atoms with Gasteiger partial charge in [0.15, 0.2) is 0 Å². The zero-order valence-electron chi connectivity index (χ0n) is 17.9. The fourth-order valence-corrected chi connectivity index (χ4v) is 4.41. The highest BCUT2D eigenvalue weighted by molar-refractivity contribution is 5.89. The van der Waals surface area contributed by atoms with E-state index in [0.29, 0.717) is 26.1 Å². The average Bonchev–Trinajstić information content (AvgIpc) is 3.18. The van der Waals surface area contributed by atoms with Gasteiger partial charge >= 0.3 is 0 Å². The highest BCUT2D eigenvalue weighted by Crippen LogP contribution is 2.50. The second-order valence-corrected chi connectivity index (χ2v) is 8.96. The van der Waals surface area contributed by atoms with Gasteiger partial charge in [0.1, 0.15) is 5.54 Å². The molecule has 1 saturated heterocycles. The first-order valence-corrected chi connectivity index (χ1v) is 10.6. The summed E-state index contributed by atoms with van der Waals surface area (Å²) < 4.78 is 11.6. The maximum absolute atomic E-state index is 13.6. The zero-order chi connectivity index (χ0) is 20.4. The minimum Gasteiger partial charge on any atom is -0.378 e. The molecule has 1 aromatic rings. The molecule has 1 heterocycles. The van der Waals surface area contributed by atoms with Gasteiger partial charge in [-0.05, 0) is 38.7 Å². The molecule has 3 unspecified atom stereocenters. The summed E-state index contributed by atoms with van der Waals surface area (Å²) in [4.78, 5) is 15.5. The smallest absolute Gasteiger partial charge is 0.243 e. The molecule has 3 rings (SSSR count). The summed E-state index contributed by atoms with van der Waals surface area (Å²) in [5.41, 5.74) is 7.93. The number of hydrogen-bond acceptors (Lipinski definition) is 4. The van der Waals surface area contributed by atoms with E-state index in [1.165, 1.54) is 11.1 Å². The monoisotopic (exact) mass is 388 g/mol. The van der Waals surface area contributed by atoms with Gasteiger partial charge in [-0.25, -0.2) is 0 Å². The predicted octanol–water partition coefficient (Wildman–Crippen LogP) is 3.08. The third kappa shape index (κ3) is 4.12.